The van der Waals surface area contributed by atoms with Gasteiger partial charge in [-0.05, 0) is 49.9 Å². The van der Waals surface area contributed by atoms with Crippen molar-refractivity contribution in [2.45, 2.75) is 38.8 Å². The second-order valence-corrected chi connectivity index (χ2v) is 10.9. The van der Waals surface area contributed by atoms with E-state index in [9.17, 15) is 9.90 Å². The lowest BCUT2D eigenvalue weighted by atomic mass is 10.0. The van der Waals surface area contributed by atoms with Crippen LogP contribution < -0.4 is 14.5 Å². The molecule has 9 heteroatoms. The molecule has 2 saturated heterocycles. The first-order chi connectivity index (χ1) is 19.5. The maximum absolute atomic E-state index is 12.2. The zero-order valence-corrected chi connectivity index (χ0v) is 23.3. The van der Waals surface area contributed by atoms with E-state index in [0.29, 0.717) is 51.4 Å². The summed E-state index contributed by atoms with van der Waals surface area (Å²) in [7, 11) is 0. The van der Waals surface area contributed by atoms with Crippen molar-refractivity contribution in [3.8, 4) is 11.8 Å². The first-order valence-electron chi connectivity index (χ1n) is 14.4. The van der Waals surface area contributed by atoms with Crippen LogP contribution in [0.15, 0.2) is 49.1 Å². The SMILES string of the molecule is C=CC(=O)N1CCN(c2nc(OCC3CCCN3CC)nc3c2CCN(c2cc(O)cc4ccccc24)C3)CC1. The number of carbonyl (C=O) groups excluding carboxylic acids is 1. The van der Waals surface area contributed by atoms with Gasteiger partial charge in [-0.25, -0.2) is 0 Å². The molecule has 9 nitrogen and oxygen atoms in total. The Kier molecular flexibility index (Phi) is 7.47. The number of phenols is 1. The Morgan fingerprint density at radius 1 is 1.10 bits per heavy atom. The molecule has 1 atom stereocenters. The van der Waals surface area contributed by atoms with Crippen LogP contribution in [0.5, 0.6) is 11.8 Å². The fraction of sp³-hybridized carbons (Fsp3) is 0.452. The number of phenolic OH excluding ortho intramolecular Hbond substituents is 1. The molecule has 1 amide bonds. The largest absolute Gasteiger partial charge is 0.508 e. The summed E-state index contributed by atoms with van der Waals surface area (Å²) in [5, 5.41) is 12.6. The molecule has 0 radical (unpaired) electrons. The first kappa shape index (κ1) is 26.4. The maximum atomic E-state index is 12.2. The molecule has 1 unspecified atom stereocenters. The number of nitrogens with zero attached hydrogens (tertiary/aromatic N) is 6. The van der Waals surface area contributed by atoms with Crippen LogP contribution in [0.2, 0.25) is 0 Å². The minimum Gasteiger partial charge on any atom is -0.508 e. The van der Waals surface area contributed by atoms with E-state index in [2.05, 4.69) is 34.3 Å². The molecule has 3 aliphatic rings. The predicted octanol–water partition coefficient (Wildman–Crippen LogP) is 3.60. The second-order valence-electron chi connectivity index (χ2n) is 10.9. The summed E-state index contributed by atoms with van der Waals surface area (Å²) in [4.78, 5) is 30.9. The van der Waals surface area contributed by atoms with E-state index in [0.717, 1.165) is 66.0 Å². The molecule has 0 spiro atoms. The zero-order chi connectivity index (χ0) is 27.6. The van der Waals surface area contributed by atoms with Gasteiger partial charge in [0.05, 0.1) is 12.2 Å². The highest BCUT2D eigenvalue weighted by atomic mass is 16.5. The highest BCUT2D eigenvalue weighted by molar-refractivity contribution is 5.95. The van der Waals surface area contributed by atoms with E-state index in [1.165, 1.54) is 12.5 Å². The molecule has 40 heavy (non-hydrogen) atoms. The number of aromatic nitrogens is 2. The van der Waals surface area contributed by atoms with E-state index in [1.807, 2.05) is 35.2 Å². The lowest BCUT2D eigenvalue weighted by Gasteiger charge is -2.38. The Morgan fingerprint density at radius 3 is 2.73 bits per heavy atom. The van der Waals surface area contributed by atoms with Crippen LogP contribution in [0.3, 0.4) is 0 Å². The van der Waals surface area contributed by atoms with Crippen molar-refractivity contribution < 1.29 is 14.6 Å². The lowest BCUT2D eigenvalue weighted by Crippen LogP contribution is -2.49. The quantitative estimate of drug-likeness (QED) is 0.454. The van der Waals surface area contributed by atoms with E-state index < -0.39 is 0 Å². The van der Waals surface area contributed by atoms with Crippen LogP contribution in [0, 0.1) is 0 Å². The van der Waals surface area contributed by atoms with E-state index in [4.69, 9.17) is 14.7 Å². The highest BCUT2D eigenvalue weighted by Gasteiger charge is 2.30. The Labute approximate surface area is 235 Å². The normalized spacial score (nSPS) is 19.6. The van der Waals surface area contributed by atoms with E-state index >= 15 is 0 Å². The van der Waals surface area contributed by atoms with Crippen molar-refractivity contribution in [2.24, 2.45) is 0 Å². The molecule has 6 rings (SSSR count). The Hall–Kier alpha value is -3.85. The fourth-order valence-corrected chi connectivity index (χ4v) is 6.40. The standard InChI is InChI=1S/C31H38N6O3/c1-3-29(39)35-14-16-36(17-15-35)30-26-11-13-37(28-19-24(38)18-22-8-5-6-10-25(22)28)20-27(26)32-31(33-30)40-21-23-9-7-12-34(23)4-2/h3,5-6,8,10,18-19,23,38H,1,4,7,9,11-17,20-21H2,2H3. The third-order valence-electron chi connectivity index (χ3n) is 8.56. The number of anilines is 2. The second kappa shape index (κ2) is 11.3. The van der Waals surface area contributed by atoms with Crippen LogP contribution in [-0.4, -0.2) is 89.2 Å². The van der Waals surface area contributed by atoms with Crippen LogP contribution in [0.1, 0.15) is 31.0 Å². The molecular formula is C31H38N6O3. The van der Waals surface area contributed by atoms with Gasteiger partial charge in [-0.2, -0.15) is 9.97 Å². The summed E-state index contributed by atoms with van der Waals surface area (Å²) in [5.41, 5.74) is 3.11. The summed E-state index contributed by atoms with van der Waals surface area (Å²) >= 11 is 0. The maximum Gasteiger partial charge on any atom is 0.318 e. The van der Waals surface area contributed by atoms with Crippen LogP contribution in [0.4, 0.5) is 11.5 Å². The number of amides is 1. The minimum absolute atomic E-state index is 0.0283. The number of ether oxygens (including phenoxy) is 1. The van der Waals surface area contributed by atoms with Gasteiger partial charge in [-0.15, -0.1) is 0 Å². The molecule has 3 aromatic rings. The highest BCUT2D eigenvalue weighted by Crippen LogP contribution is 2.36. The molecular weight excluding hydrogens is 504 g/mol. The average Bonchev–Trinajstić information content (AvgIpc) is 3.46. The summed E-state index contributed by atoms with van der Waals surface area (Å²) in [5.74, 6) is 1.15. The van der Waals surface area contributed by atoms with Gasteiger partial charge >= 0.3 is 6.01 Å². The van der Waals surface area contributed by atoms with Gasteiger partial charge < -0.3 is 24.5 Å². The van der Waals surface area contributed by atoms with Crippen LogP contribution in [-0.2, 0) is 17.8 Å². The number of likely N-dealkylation sites (N-methyl/N-ethyl adjacent to an activating group) is 1. The number of aromatic hydroxyl groups is 1. The molecule has 3 aliphatic heterocycles. The Balaban J connectivity index is 1.31. The molecule has 210 valence electrons. The van der Waals surface area contributed by atoms with Gasteiger partial charge in [0.1, 0.15) is 18.2 Å². The molecule has 0 saturated carbocycles. The topological polar surface area (TPSA) is 85.3 Å². The number of hydrogen-bond acceptors (Lipinski definition) is 8. The third-order valence-corrected chi connectivity index (χ3v) is 8.56. The summed E-state index contributed by atoms with van der Waals surface area (Å²) in [6.07, 6.45) is 4.49. The predicted molar refractivity (Wildman–Crippen MR) is 157 cm³/mol. The summed E-state index contributed by atoms with van der Waals surface area (Å²) in [6, 6.07) is 12.6. The number of benzene rings is 2. The molecule has 4 heterocycles. The zero-order valence-electron chi connectivity index (χ0n) is 23.3. The summed E-state index contributed by atoms with van der Waals surface area (Å²) < 4.78 is 6.30. The third kappa shape index (κ3) is 5.18. The Morgan fingerprint density at radius 2 is 1.93 bits per heavy atom. The smallest absolute Gasteiger partial charge is 0.318 e. The molecule has 0 bridgehead atoms. The molecule has 0 aliphatic carbocycles. The van der Waals surface area contributed by atoms with E-state index in [1.54, 1.807) is 0 Å². The molecule has 2 fully saturated rings. The van der Waals surface area contributed by atoms with Crippen LogP contribution >= 0.6 is 0 Å². The first-order valence-corrected chi connectivity index (χ1v) is 14.4. The number of fused-ring (bicyclic) bond motifs is 2. The van der Waals surface area contributed by atoms with Gasteiger partial charge in [-0.1, -0.05) is 37.8 Å². The van der Waals surface area contributed by atoms with Gasteiger partial charge in [0, 0.05) is 61.5 Å². The van der Waals surface area contributed by atoms with Crippen molar-refractivity contribution in [3.63, 3.8) is 0 Å². The van der Waals surface area contributed by atoms with Crippen molar-refractivity contribution in [1.82, 2.24) is 19.8 Å². The monoisotopic (exact) mass is 542 g/mol. The molecule has 1 N–H and O–H groups in total. The average molecular weight is 543 g/mol. The number of piperazine rings is 1. The van der Waals surface area contributed by atoms with Crippen molar-refractivity contribution in [3.05, 3.63) is 60.3 Å². The lowest BCUT2D eigenvalue weighted by molar-refractivity contribution is -0.126. The number of hydrogen-bond donors (Lipinski definition) is 1. The van der Waals surface area contributed by atoms with Crippen molar-refractivity contribution in [1.29, 1.82) is 0 Å². The number of carbonyl (C=O) groups is 1. The van der Waals surface area contributed by atoms with Crippen molar-refractivity contribution >= 4 is 28.2 Å². The number of likely N-dealkylation sites (tertiary alicyclic amines) is 1. The number of rotatable bonds is 7. The minimum atomic E-state index is -0.0283. The van der Waals surface area contributed by atoms with Gasteiger partial charge in [0.15, 0.2) is 0 Å². The van der Waals surface area contributed by atoms with Crippen LogP contribution in [0.25, 0.3) is 10.8 Å². The van der Waals surface area contributed by atoms with Gasteiger partial charge in [0.25, 0.3) is 0 Å². The Bertz CT molecular complexity index is 1400. The summed E-state index contributed by atoms with van der Waals surface area (Å²) in [6.45, 7) is 12.6. The fourth-order valence-electron chi connectivity index (χ4n) is 6.40. The molecule has 2 aromatic carbocycles. The van der Waals surface area contributed by atoms with Gasteiger partial charge in [0.2, 0.25) is 5.91 Å². The van der Waals surface area contributed by atoms with Crippen molar-refractivity contribution in [2.75, 3.05) is 62.2 Å². The van der Waals surface area contributed by atoms with E-state index in [-0.39, 0.29) is 11.7 Å². The molecule has 1 aromatic heterocycles. The van der Waals surface area contributed by atoms with Gasteiger partial charge in [-0.3, -0.25) is 9.69 Å².